The zero-order chi connectivity index (χ0) is 9.84. The van der Waals surface area contributed by atoms with Crippen LogP contribution in [0.2, 0.25) is 0 Å². The summed E-state index contributed by atoms with van der Waals surface area (Å²) in [5.74, 6) is -0.574. The largest absolute Gasteiger partial charge is 0.437 e. The summed E-state index contributed by atoms with van der Waals surface area (Å²) in [6.45, 7) is 0.777. The predicted molar refractivity (Wildman–Crippen MR) is 52.3 cm³/mol. The standard InChI is InChI=1S/C6H10N2O3S2/c9-5(4-2-1-3-7-4)11-6(10)8(12)13/h4,7,12-13H,1-3H2/t4-/m0/s1. The van der Waals surface area contributed by atoms with E-state index < -0.39 is 12.1 Å². The normalized spacial score (nSPS) is 21.2. The Labute approximate surface area is 86.9 Å². The Morgan fingerprint density at radius 1 is 1.46 bits per heavy atom. The molecule has 5 nitrogen and oxygen atoms in total. The number of nitrogens with zero attached hydrogens (tertiary/aromatic N) is 1. The van der Waals surface area contributed by atoms with E-state index in [1.165, 1.54) is 0 Å². The van der Waals surface area contributed by atoms with Crippen LogP contribution in [0.5, 0.6) is 0 Å². The van der Waals surface area contributed by atoms with Crippen molar-refractivity contribution in [2.45, 2.75) is 18.9 Å². The highest BCUT2D eigenvalue weighted by molar-refractivity contribution is 7.94. The lowest BCUT2D eigenvalue weighted by molar-refractivity contribution is -0.139. The van der Waals surface area contributed by atoms with E-state index >= 15 is 0 Å². The molecule has 1 aliphatic heterocycles. The zero-order valence-corrected chi connectivity index (χ0v) is 8.55. The van der Waals surface area contributed by atoms with E-state index in [4.69, 9.17) is 0 Å². The first-order valence-corrected chi connectivity index (χ1v) is 4.58. The topological polar surface area (TPSA) is 58.6 Å². The van der Waals surface area contributed by atoms with E-state index in [-0.39, 0.29) is 6.04 Å². The Morgan fingerprint density at radius 3 is 2.62 bits per heavy atom. The predicted octanol–water partition coefficient (Wildman–Crippen LogP) is 0.393. The van der Waals surface area contributed by atoms with Gasteiger partial charge in [-0.15, -0.1) is 0 Å². The second kappa shape index (κ2) is 4.73. The fourth-order valence-corrected chi connectivity index (χ4v) is 1.17. The number of thiol groups is 2. The number of ether oxygens (including phenoxy) is 1. The summed E-state index contributed by atoms with van der Waals surface area (Å²) in [4.78, 5) is 22.0. The minimum absolute atomic E-state index is 0.370. The summed E-state index contributed by atoms with van der Waals surface area (Å²) in [5.41, 5.74) is 0. The molecule has 1 heterocycles. The SMILES string of the molecule is O=C(OC(=O)N(S)S)[C@@H]1CCCN1. The van der Waals surface area contributed by atoms with E-state index in [1.807, 2.05) is 0 Å². The average molecular weight is 222 g/mol. The van der Waals surface area contributed by atoms with Crippen LogP contribution in [-0.4, -0.2) is 28.4 Å². The molecule has 13 heavy (non-hydrogen) atoms. The molecule has 0 radical (unpaired) electrons. The van der Waals surface area contributed by atoms with E-state index in [0.717, 1.165) is 13.0 Å². The fraction of sp³-hybridized carbons (Fsp3) is 0.667. The Kier molecular flexibility index (Phi) is 3.89. The van der Waals surface area contributed by atoms with Gasteiger partial charge in [-0.3, -0.25) is 0 Å². The number of rotatable bonds is 1. The molecule has 0 spiro atoms. The molecule has 1 saturated heterocycles. The minimum atomic E-state index is -0.884. The van der Waals surface area contributed by atoms with Crippen LogP contribution in [0, 0.1) is 0 Å². The number of carbonyl (C=O) groups is 2. The van der Waals surface area contributed by atoms with Gasteiger partial charge < -0.3 is 10.1 Å². The van der Waals surface area contributed by atoms with Crippen molar-refractivity contribution >= 4 is 37.7 Å². The molecule has 0 aliphatic carbocycles. The molecule has 1 N–H and O–H groups in total. The third-order valence-corrected chi connectivity index (χ3v) is 2.02. The van der Waals surface area contributed by atoms with Crippen LogP contribution in [0.4, 0.5) is 4.79 Å². The van der Waals surface area contributed by atoms with Crippen LogP contribution in [0.15, 0.2) is 0 Å². The van der Waals surface area contributed by atoms with Gasteiger partial charge in [-0.25, -0.2) is 9.59 Å². The Morgan fingerprint density at radius 2 is 2.15 bits per heavy atom. The summed E-state index contributed by atoms with van der Waals surface area (Å²) in [7, 11) is 0. The molecule has 1 fully saturated rings. The maximum absolute atomic E-state index is 11.2. The second-order valence-electron chi connectivity index (χ2n) is 2.63. The van der Waals surface area contributed by atoms with Crippen LogP contribution >= 0.6 is 25.6 Å². The lowest BCUT2D eigenvalue weighted by Crippen LogP contribution is -2.34. The van der Waals surface area contributed by atoms with Crippen molar-refractivity contribution in [1.82, 2.24) is 9.03 Å². The van der Waals surface area contributed by atoms with Crippen molar-refractivity contribution in [1.29, 1.82) is 0 Å². The first kappa shape index (κ1) is 10.7. The molecule has 0 aromatic carbocycles. The van der Waals surface area contributed by atoms with Gasteiger partial charge >= 0.3 is 12.1 Å². The van der Waals surface area contributed by atoms with Crippen molar-refractivity contribution in [3.05, 3.63) is 0 Å². The summed E-state index contributed by atoms with van der Waals surface area (Å²) in [6, 6.07) is -0.370. The summed E-state index contributed by atoms with van der Waals surface area (Å²) < 4.78 is 5.05. The Balaban J connectivity index is 2.36. The average Bonchev–Trinajstić information content (AvgIpc) is 2.55. The molecule has 1 aliphatic rings. The van der Waals surface area contributed by atoms with Crippen LogP contribution in [0.3, 0.4) is 0 Å². The Bertz CT molecular complexity index is 216. The van der Waals surface area contributed by atoms with E-state index in [9.17, 15) is 9.59 Å². The number of carbonyl (C=O) groups excluding carboxylic acids is 2. The smallest absolute Gasteiger partial charge is 0.374 e. The molecule has 7 heteroatoms. The van der Waals surface area contributed by atoms with Crippen LogP contribution in [-0.2, 0) is 9.53 Å². The van der Waals surface area contributed by atoms with Gasteiger partial charge in [-0.2, -0.15) is 3.71 Å². The maximum Gasteiger partial charge on any atom is 0.437 e. The summed E-state index contributed by atoms with van der Waals surface area (Å²) >= 11 is 7.12. The summed E-state index contributed by atoms with van der Waals surface area (Å²) in [5, 5.41) is 2.91. The van der Waals surface area contributed by atoms with Crippen molar-refractivity contribution in [2.24, 2.45) is 0 Å². The van der Waals surface area contributed by atoms with Gasteiger partial charge in [0.1, 0.15) is 6.04 Å². The lowest BCUT2D eigenvalue weighted by Gasteiger charge is -2.10. The van der Waals surface area contributed by atoms with E-state index in [1.54, 1.807) is 0 Å². The van der Waals surface area contributed by atoms with E-state index in [0.29, 0.717) is 10.1 Å². The first-order chi connectivity index (χ1) is 6.11. The second-order valence-corrected chi connectivity index (χ2v) is 3.74. The lowest BCUT2D eigenvalue weighted by atomic mass is 10.2. The van der Waals surface area contributed by atoms with Gasteiger partial charge in [0, 0.05) is 0 Å². The molecule has 74 valence electrons. The van der Waals surface area contributed by atoms with Crippen molar-refractivity contribution < 1.29 is 14.3 Å². The molecule has 0 aromatic rings. The number of esters is 1. The first-order valence-electron chi connectivity index (χ1n) is 3.78. The highest BCUT2D eigenvalue weighted by Gasteiger charge is 2.26. The third kappa shape index (κ3) is 3.09. The van der Waals surface area contributed by atoms with Gasteiger partial charge in [0.2, 0.25) is 0 Å². The van der Waals surface area contributed by atoms with Gasteiger partial charge in [0.15, 0.2) is 0 Å². The monoisotopic (exact) mass is 222 g/mol. The van der Waals surface area contributed by atoms with Gasteiger partial charge in [0.25, 0.3) is 0 Å². The number of amides is 1. The van der Waals surface area contributed by atoms with Gasteiger partial charge in [-0.05, 0) is 45.0 Å². The van der Waals surface area contributed by atoms with Gasteiger partial charge in [0.05, 0.1) is 0 Å². The zero-order valence-electron chi connectivity index (χ0n) is 6.77. The molecule has 0 bridgehead atoms. The molecule has 0 aromatic heterocycles. The third-order valence-electron chi connectivity index (χ3n) is 1.70. The molecule has 0 unspecified atom stereocenters. The van der Waals surface area contributed by atoms with Crippen molar-refractivity contribution in [3.63, 3.8) is 0 Å². The van der Waals surface area contributed by atoms with Crippen LogP contribution < -0.4 is 5.32 Å². The molecule has 1 rings (SSSR count). The number of hydrogen-bond acceptors (Lipinski definition) is 6. The fourth-order valence-electron chi connectivity index (χ4n) is 1.08. The molecule has 1 amide bonds. The maximum atomic E-state index is 11.2. The molecular weight excluding hydrogens is 212 g/mol. The minimum Gasteiger partial charge on any atom is -0.374 e. The Hall–Kier alpha value is -0.400. The highest BCUT2D eigenvalue weighted by atomic mass is 32.2. The number of hydrogen-bond donors (Lipinski definition) is 3. The summed E-state index contributed by atoms with van der Waals surface area (Å²) in [6.07, 6.45) is 0.732. The quantitative estimate of drug-likeness (QED) is 0.341. The van der Waals surface area contributed by atoms with Crippen molar-refractivity contribution in [2.75, 3.05) is 6.54 Å². The van der Waals surface area contributed by atoms with Crippen molar-refractivity contribution in [3.8, 4) is 0 Å². The van der Waals surface area contributed by atoms with Crippen LogP contribution in [0.25, 0.3) is 0 Å². The van der Waals surface area contributed by atoms with E-state index in [2.05, 4.69) is 35.7 Å². The van der Waals surface area contributed by atoms with Gasteiger partial charge in [-0.1, -0.05) is 0 Å². The molecule has 1 atom stereocenters. The molecular formula is C6H10N2O3S2. The number of nitrogens with one attached hydrogen (secondary N) is 1. The van der Waals surface area contributed by atoms with Crippen LogP contribution in [0.1, 0.15) is 12.8 Å². The molecule has 0 saturated carbocycles. The highest BCUT2D eigenvalue weighted by Crippen LogP contribution is 2.08.